The number of carbonyl (C=O) groups is 1. The Morgan fingerprint density at radius 1 is 1.17 bits per heavy atom. The maximum Gasteiger partial charge on any atom is 0.251 e. The van der Waals surface area contributed by atoms with E-state index >= 15 is 0 Å². The second-order valence-corrected chi connectivity index (χ2v) is 6.00. The fraction of sp³-hybridized carbons (Fsp3) is 0.350. The third-order valence-corrected chi connectivity index (χ3v) is 4.26. The third kappa shape index (κ3) is 3.70. The summed E-state index contributed by atoms with van der Waals surface area (Å²) < 4.78 is 10.8. The van der Waals surface area contributed by atoms with Gasteiger partial charge in [0, 0.05) is 5.56 Å². The van der Waals surface area contributed by atoms with Crippen LogP contribution >= 0.6 is 0 Å². The molecule has 3 rings (SSSR count). The van der Waals surface area contributed by atoms with Gasteiger partial charge in [0.25, 0.3) is 5.91 Å². The van der Waals surface area contributed by atoms with E-state index in [-0.39, 0.29) is 11.9 Å². The Bertz CT molecular complexity index is 695. The van der Waals surface area contributed by atoms with E-state index in [1.165, 1.54) is 0 Å². The van der Waals surface area contributed by atoms with Gasteiger partial charge in [0.05, 0.1) is 19.8 Å². The molecule has 0 saturated heterocycles. The SMILES string of the molecule is CCOc1ccc(C(=O)NC(c2ccccc2)C2CC2)cc1OC. The topological polar surface area (TPSA) is 47.6 Å². The molecule has 0 radical (unpaired) electrons. The molecule has 0 aliphatic heterocycles. The van der Waals surface area contributed by atoms with Crippen LogP contribution in [0, 0.1) is 5.92 Å². The number of nitrogens with one attached hydrogen (secondary N) is 1. The largest absolute Gasteiger partial charge is 0.493 e. The molecular weight excluding hydrogens is 302 g/mol. The van der Waals surface area contributed by atoms with Crippen LogP contribution in [0.5, 0.6) is 11.5 Å². The van der Waals surface area contributed by atoms with Crippen molar-refractivity contribution in [2.24, 2.45) is 5.92 Å². The maximum atomic E-state index is 12.7. The number of amides is 1. The number of hydrogen-bond acceptors (Lipinski definition) is 3. The lowest BCUT2D eigenvalue weighted by molar-refractivity contribution is 0.0931. The van der Waals surface area contributed by atoms with Gasteiger partial charge in [0.1, 0.15) is 0 Å². The van der Waals surface area contributed by atoms with E-state index in [1.807, 2.05) is 25.1 Å². The van der Waals surface area contributed by atoms with Crippen LogP contribution in [0.4, 0.5) is 0 Å². The molecule has 24 heavy (non-hydrogen) atoms. The normalized spacial score (nSPS) is 14.8. The lowest BCUT2D eigenvalue weighted by Crippen LogP contribution is -2.29. The first kappa shape index (κ1) is 16.4. The van der Waals surface area contributed by atoms with Crippen LogP contribution in [0.2, 0.25) is 0 Å². The van der Waals surface area contributed by atoms with Crippen LogP contribution in [0.3, 0.4) is 0 Å². The van der Waals surface area contributed by atoms with Gasteiger partial charge in [0.2, 0.25) is 0 Å². The van der Waals surface area contributed by atoms with Gasteiger partial charge in [-0.25, -0.2) is 0 Å². The van der Waals surface area contributed by atoms with E-state index in [0.29, 0.717) is 29.6 Å². The molecule has 1 N–H and O–H groups in total. The number of rotatable bonds is 7. The highest BCUT2D eigenvalue weighted by Crippen LogP contribution is 2.41. The Labute approximate surface area is 142 Å². The predicted octanol–water partition coefficient (Wildman–Crippen LogP) is 3.98. The molecule has 0 heterocycles. The predicted molar refractivity (Wildman–Crippen MR) is 93.5 cm³/mol. The Hall–Kier alpha value is -2.49. The van der Waals surface area contributed by atoms with Crippen LogP contribution in [-0.4, -0.2) is 19.6 Å². The fourth-order valence-electron chi connectivity index (χ4n) is 2.87. The van der Waals surface area contributed by atoms with Gasteiger partial charge in [-0.15, -0.1) is 0 Å². The first-order valence-corrected chi connectivity index (χ1v) is 8.39. The Kier molecular flexibility index (Phi) is 5.04. The number of benzene rings is 2. The summed E-state index contributed by atoms with van der Waals surface area (Å²) >= 11 is 0. The average Bonchev–Trinajstić information content (AvgIpc) is 3.45. The van der Waals surface area contributed by atoms with Crippen molar-refractivity contribution in [3.8, 4) is 11.5 Å². The zero-order chi connectivity index (χ0) is 16.9. The Morgan fingerprint density at radius 2 is 1.92 bits per heavy atom. The highest BCUT2D eigenvalue weighted by Gasteiger charge is 2.33. The Morgan fingerprint density at radius 3 is 2.54 bits per heavy atom. The quantitative estimate of drug-likeness (QED) is 0.838. The monoisotopic (exact) mass is 325 g/mol. The van der Waals surface area contributed by atoms with Crippen molar-refractivity contribution in [2.75, 3.05) is 13.7 Å². The molecule has 0 bridgehead atoms. The molecule has 1 amide bonds. The molecule has 1 unspecified atom stereocenters. The summed E-state index contributed by atoms with van der Waals surface area (Å²) in [5, 5.41) is 3.18. The molecule has 0 spiro atoms. The molecule has 1 aliphatic rings. The second kappa shape index (κ2) is 7.39. The molecule has 2 aromatic rings. The molecule has 1 saturated carbocycles. The summed E-state index contributed by atoms with van der Waals surface area (Å²) in [5.41, 5.74) is 1.74. The summed E-state index contributed by atoms with van der Waals surface area (Å²) in [6.07, 6.45) is 2.32. The maximum absolute atomic E-state index is 12.7. The summed E-state index contributed by atoms with van der Waals surface area (Å²) in [7, 11) is 1.58. The molecule has 4 nitrogen and oxygen atoms in total. The minimum Gasteiger partial charge on any atom is -0.493 e. The molecule has 0 aromatic heterocycles. The van der Waals surface area contributed by atoms with Gasteiger partial charge in [-0.3, -0.25) is 4.79 Å². The van der Waals surface area contributed by atoms with E-state index in [1.54, 1.807) is 25.3 Å². The van der Waals surface area contributed by atoms with Crippen LogP contribution in [0.25, 0.3) is 0 Å². The highest BCUT2D eigenvalue weighted by molar-refractivity contribution is 5.95. The molecule has 2 aromatic carbocycles. The number of methoxy groups -OCH3 is 1. The van der Waals surface area contributed by atoms with Gasteiger partial charge in [0.15, 0.2) is 11.5 Å². The van der Waals surface area contributed by atoms with Gasteiger partial charge in [-0.2, -0.15) is 0 Å². The molecule has 1 atom stereocenters. The lowest BCUT2D eigenvalue weighted by atomic mass is 10.0. The van der Waals surface area contributed by atoms with Crippen molar-refractivity contribution in [1.29, 1.82) is 0 Å². The number of carbonyl (C=O) groups excluding carboxylic acids is 1. The minimum absolute atomic E-state index is 0.0660. The highest BCUT2D eigenvalue weighted by atomic mass is 16.5. The lowest BCUT2D eigenvalue weighted by Gasteiger charge is -2.19. The van der Waals surface area contributed by atoms with Gasteiger partial charge in [-0.05, 0) is 49.4 Å². The van der Waals surface area contributed by atoms with E-state index in [4.69, 9.17) is 9.47 Å². The second-order valence-electron chi connectivity index (χ2n) is 6.00. The van der Waals surface area contributed by atoms with Crippen molar-refractivity contribution in [1.82, 2.24) is 5.32 Å². The molecule has 1 fully saturated rings. The van der Waals surface area contributed by atoms with Crippen molar-refractivity contribution < 1.29 is 14.3 Å². The van der Waals surface area contributed by atoms with Crippen molar-refractivity contribution in [3.63, 3.8) is 0 Å². The smallest absolute Gasteiger partial charge is 0.251 e. The molecular formula is C20H23NO3. The Balaban J connectivity index is 1.78. The molecule has 126 valence electrons. The van der Waals surface area contributed by atoms with E-state index < -0.39 is 0 Å². The zero-order valence-electron chi connectivity index (χ0n) is 14.1. The minimum atomic E-state index is -0.0860. The number of hydrogen-bond donors (Lipinski definition) is 1. The van der Waals surface area contributed by atoms with E-state index in [9.17, 15) is 4.79 Å². The van der Waals surface area contributed by atoms with E-state index in [0.717, 1.165) is 18.4 Å². The van der Waals surface area contributed by atoms with Crippen LogP contribution in [0.15, 0.2) is 48.5 Å². The first-order valence-electron chi connectivity index (χ1n) is 8.39. The number of ether oxygens (including phenoxy) is 2. The van der Waals surface area contributed by atoms with Gasteiger partial charge in [-0.1, -0.05) is 30.3 Å². The molecule has 4 heteroatoms. The summed E-state index contributed by atoms with van der Waals surface area (Å²) in [6.45, 7) is 2.47. The van der Waals surface area contributed by atoms with Gasteiger partial charge >= 0.3 is 0 Å². The first-order chi connectivity index (χ1) is 11.7. The molecule has 1 aliphatic carbocycles. The summed E-state index contributed by atoms with van der Waals surface area (Å²) in [4.78, 5) is 12.7. The summed E-state index contributed by atoms with van der Waals surface area (Å²) in [5.74, 6) is 1.67. The van der Waals surface area contributed by atoms with Crippen molar-refractivity contribution in [3.05, 3.63) is 59.7 Å². The zero-order valence-corrected chi connectivity index (χ0v) is 14.1. The van der Waals surface area contributed by atoms with Crippen molar-refractivity contribution in [2.45, 2.75) is 25.8 Å². The van der Waals surface area contributed by atoms with Crippen LogP contribution in [0.1, 0.15) is 41.7 Å². The van der Waals surface area contributed by atoms with Gasteiger partial charge < -0.3 is 14.8 Å². The average molecular weight is 325 g/mol. The van der Waals surface area contributed by atoms with Crippen LogP contribution < -0.4 is 14.8 Å². The third-order valence-electron chi connectivity index (χ3n) is 4.26. The van der Waals surface area contributed by atoms with E-state index in [2.05, 4.69) is 17.4 Å². The van der Waals surface area contributed by atoms with Crippen LogP contribution in [-0.2, 0) is 0 Å². The van der Waals surface area contributed by atoms with Crippen molar-refractivity contribution >= 4 is 5.91 Å². The standard InChI is InChI=1S/C20H23NO3/c1-3-24-17-12-11-16(13-18(17)23-2)20(22)21-19(15-9-10-15)14-7-5-4-6-8-14/h4-8,11-13,15,19H,3,9-10H2,1-2H3,(H,21,22). The summed E-state index contributed by atoms with van der Waals surface area (Å²) in [6, 6.07) is 15.5. The fourth-order valence-corrected chi connectivity index (χ4v) is 2.87.